The average Bonchev–Trinajstić information content (AvgIpc) is 3.11. The van der Waals surface area contributed by atoms with Gasteiger partial charge in [-0.15, -0.1) is 0 Å². The smallest absolute Gasteiger partial charge is 0.0695 e. The minimum Gasteiger partial charge on any atom is -0.0695 e. The molecular weight excluding hydrogens is 415 g/mol. The van der Waals surface area contributed by atoms with E-state index in [1.165, 1.54) is 39.9 Å². The maximum atomic E-state index is 2.47. The van der Waals surface area contributed by atoms with Crippen LogP contribution in [0, 0.1) is 5.41 Å². The Labute approximate surface area is 201 Å². The summed E-state index contributed by atoms with van der Waals surface area (Å²) in [6.45, 7) is 9.30. The quantitative estimate of drug-likeness (QED) is 0.256. The second-order valence-electron chi connectivity index (χ2n) is 9.86. The molecule has 1 aliphatic rings. The van der Waals surface area contributed by atoms with E-state index in [0.29, 0.717) is 0 Å². The molecule has 3 aromatic rings. The van der Waals surface area contributed by atoms with Crippen LogP contribution >= 0.6 is 7.26 Å². The minimum atomic E-state index is -1.82. The van der Waals surface area contributed by atoms with Crippen LogP contribution in [-0.4, -0.2) is 6.16 Å². The second kappa shape index (κ2) is 10.1. The summed E-state index contributed by atoms with van der Waals surface area (Å²) in [6.07, 6.45) is 10.7. The van der Waals surface area contributed by atoms with Gasteiger partial charge < -0.3 is 0 Å². The van der Waals surface area contributed by atoms with Gasteiger partial charge in [-0.2, -0.15) is 0 Å². The Morgan fingerprint density at radius 1 is 0.788 bits per heavy atom. The van der Waals surface area contributed by atoms with Crippen molar-refractivity contribution in [3.05, 3.63) is 126 Å². The molecule has 0 nitrogen and oxygen atoms in total. The summed E-state index contributed by atoms with van der Waals surface area (Å²) in [5.74, 6) is 0. The van der Waals surface area contributed by atoms with Crippen molar-refractivity contribution in [1.82, 2.24) is 0 Å². The van der Waals surface area contributed by atoms with Crippen molar-refractivity contribution in [2.45, 2.75) is 40.5 Å². The van der Waals surface area contributed by atoms with Crippen molar-refractivity contribution < 1.29 is 0 Å². The molecule has 0 saturated heterocycles. The van der Waals surface area contributed by atoms with Gasteiger partial charge in [0, 0.05) is 0 Å². The van der Waals surface area contributed by atoms with E-state index >= 15 is 0 Å². The van der Waals surface area contributed by atoms with Gasteiger partial charge in [-0.3, -0.25) is 0 Å². The van der Waals surface area contributed by atoms with Gasteiger partial charge in [0.1, 0.15) is 23.2 Å². The SMILES string of the molecule is CC(C=CC1=C(C)CCC1(C)C)=CC[P+](c1ccccc1)(c1ccccc1)c1ccccc1. The van der Waals surface area contributed by atoms with Crippen LogP contribution in [0.15, 0.2) is 126 Å². The highest BCUT2D eigenvalue weighted by Gasteiger charge is 2.44. The first-order valence-corrected chi connectivity index (χ1v) is 14.0. The summed E-state index contributed by atoms with van der Waals surface area (Å²) < 4.78 is 0. The topological polar surface area (TPSA) is 0 Å². The van der Waals surface area contributed by atoms with Gasteiger partial charge in [-0.1, -0.05) is 91.7 Å². The molecule has 0 amide bonds. The molecule has 168 valence electrons. The molecule has 0 aliphatic heterocycles. The van der Waals surface area contributed by atoms with E-state index in [2.05, 4.69) is 137 Å². The minimum absolute atomic E-state index is 0.287. The predicted molar refractivity (Wildman–Crippen MR) is 149 cm³/mol. The molecular formula is C32H36P+. The summed E-state index contributed by atoms with van der Waals surface area (Å²) in [5, 5.41) is 4.31. The standard InChI is InChI=1S/C32H36P/c1-26(20-21-31-27(2)22-24-32(31,3)4)23-25-33(28-14-8-5-9-15-28,29-16-10-6-11-17-29)30-18-12-7-13-19-30/h5-21,23H,22,24-25H2,1-4H3/q+1. The number of rotatable bonds is 7. The fourth-order valence-electron chi connectivity index (χ4n) is 5.09. The maximum Gasteiger partial charge on any atom is 0.115 e. The summed E-state index contributed by atoms with van der Waals surface area (Å²) >= 11 is 0. The van der Waals surface area contributed by atoms with E-state index in [-0.39, 0.29) is 5.41 Å². The van der Waals surface area contributed by atoms with Gasteiger partial charge in [0.05, 0.1) is 6.16 Å². The molecule has 1 heteroatoms. The van der Waals surface area contributed by atoms with E-state index < -0.39 is 7.26 Å². The lowest BCUT2D eigenvalue weighted by atomic mass is 9.85. The van der Waals surface area contributed by atoms with E-state index in [1.54, 1.807) is 5.57 Å². The van der Waals surface area contributed by atoms with Crippen molar-refractivity contribution in [3.63, 3.8) is 0 Å². The Morgan fingerprint density at radius 2 is 1.24 bits per heavy atom. The monoisotopic (exact) mass is 451 g/mol. The number of hydrogen-bond donors (Lipinski definition) is 0. The van der Waals surface area contributed by atoms with E-state index in [0.717, 1.165) is 6.16 Å². The molecule has 3 aromatic carbocycles. The summed E-state index contributed by atoms with van der Waals surface area (Å²) in [4.78, 5) is 0. The second-order valence-corrected chi connectivity index (χ2v) is 13.4. The fourth-order valence-corrected chi connectivity index (χ4v) is 9.22. The van der Waals surface area contributed by atoms with Crippen molar-refractivity contribution in [3.8, 4) is 0 Å². The normalized spacial score (nSPS) is 16.5. The largest absolute Gasteiger partial charge is 0.115 e. The molecule has 4 rings (SSSR count). The molecule has 0 bridgehead atoms. The fraction of sp³-hybridized carbons (Fsp3) is 0.250. The zero-order chi connectivity index (χ0) is 23.3. The lowest BCUT2D eigenvalue weighted by molar-refractivity contribution is 0.451. The number of hydrogen-bond acceptors (Lipinski definition) is 0. The number of allylic oxidation sites excluding steroid dienone is 6. The molecule has 0 N–H and O–H groups in total. The molecule has 1 aliphatic carbocycles. The van der Waals surface area contributed by atoms with Crippen LogP contribution in [0.2, 0.25) is 0 Å². The Balaban J connectivity index is 1.78. The van der Waals surface area contributed by atoms with Gasteiger partial charge in [0.15, 0.2) is 0 Å². The van der Waals surface area contributed by atoms with E-state index in [4.69, 9.17) is 0 Å². The lowest BCUT2D eigenvalue weighted by Gasteiger charge is -2.26. The molecule has 0 unspecified atom stereocenters. The Morgan fingerprint density at radius 3 is 1.64 bits per heavy atom. The van der Waals surface area contributed by atoms with Crippen molar-refractivity contribution in [1.29, 1.82) is 0 Å². The van der Waals surface area contributed by atoms with Crippen molar-refractivity contribution in [2.75, 3.05) is 6.16 Å². The first kappa shape index (κ1) is 23.5. The Kier molecular flexibility index (Phi) is 7.16. The van der Waals surface area contributed by atoms with Crippen LogP contribution in [0.4, 0.5) is 0 Å². The molecule has 0 aromatic heterocycles. The van der Waals surface area contributed by atoms with E-state index in [1.807, 2.05) is 0 Å². The van der Waals surface area contributed by atoms with Crippen LogP contribution in [0.5, 0.6) is 0 Å². The van der Waals surface area contributed by atoms with Gasteiger partial charge in [-0.05, 0) is 80.2 Å². The summed E-state index contributed by atoms with van der Waals surface area (Å²) in [7, 11) is -1.82. The maximum absolute atomic E-state index is 2.47. The highest BCUT2D eigenvalue weighted by atomic mass is 31.2. The Hall–Kier alpha value is -2.69. The average molecular weight is 452 g/mol. The first-order valence-electron chi connectivity index (χ1n) is 12.0. The molecule has 0 spiro atoms. The van der Waals surface area contributed by atoms with Crippen LogP contribution in [0.25, 0.3) is 0 Å². The molecule has 0 heterocycles. The highest BCUT2D eigenvalue weighted by molar-refractivity contribution is 7.95. The Bertz CT molecular complexity index is 1050. The summed E-state index contributed by atoms with van der Waals surface area (Å²) in [6, 6.07) is 33.4. The molecule has 0 saturated carbocycles. The molecule has 0 radical (unpaired) electrons. The van der Waals surface area contributed by atoms with Crippen LogP contribution in [0.3, 0.4) is 0 Å². The third-order valence-corrected chi connectivity index (χ3v) is 11.4. The van der Waals surface area contributed by atoms with Gasteiger partial charge in [0.2, 0.25) is 0 Å². The number of benzene rings is 3. The first-order chi connectivity index (χ1) is 15.9. The zero-order valence-corrected chi connectivity index (χ0v) is 21.4. The third-order valence-electron chi connectivity index (χ3n) is 7.10. The van der Waals surface area contributed by atoms with Crippen molar-refractivity contribution in [2.24, 2.45) is 5.41 Å². The van der Waals surface area contributed by atoms with Crippen LogP contribution in [-0.2, 0) is 0 Å². The third kappa shape index (κ3) is 4.97. The lowest BCUT2D eigenvalue weighted by Crippen LogP contribution is -2.33. The molecule has 0 fully saturated rings. The van der Waals surface area contributed by atoms with Crippen molar-refractivity contribution >= 4 is 23.2 Å². The van der Waals surface area contributed by atoms with Crippen LogP contribution < -0.4 is 15.9 Å². The molecule has 33 heavy (non-hydrogen) atoms. The molecule has 0 atom stereocenters. The van der Waals surface area contributed by atoms with Crippen LogP contribution in [0.1, 0.15) is 40.5 Å². The zero-order valence-electron chi connectivity index (χ0n) is 20.5. The van der Waals surface area contributed by atoms with E-state index in [9.17, 15) is 0 Å². The predicted octanol–water partition coefficient (Wildman–Crippen LogP) is 7.62. The van der Waals surface area contributed by atoms with Gasteiger partial charge in [0.25, 0.3) is 0 Å². The van der Waals surface area contributed by atoms with Gasteiger partial charge in [-0.25, -0.2) is 0 Å². The van der Waals surface area contributed by atoms with Gasteiger partial charge >= 0.3 is 0 Å². The summed E-state index contributed by atoms with van der Waals surface area (Å²) in [5.41, 5.74) is 4.69. The highest BCUT2D eigenvalue weighted by Crippen LogP contribution is 2.55.